The van der Waals surface area contributed by atoms with Crippen molar-refractivity contribution in [2.24, 2.45) is 0 Å². The average Bonchev–Trinajstić information content (AvgIpc) is 2.33. The maximum absolute atomic E-state index is 12.9. The fourth-order valence-electron chi connectivity index (χ4n) is 2.80. The van der Waals surface area contributed by atoms with Gasteiger partial charge in [-0.05, 0) is 67.1 Å². The van der Waals surface area contributed by atoms with Crippen molar-refractivity contribution >= 4 is 21.6 Å². The van der Waals surface area contributed by atoms with Crippen molar-refractivity contribution in [2.75, 3.05) is 5.32 Å². The van der Waals surface area contributed by atoms with Crippen LogP contribution in [0.4, 0.5) is 10.1 Å². The van der Waals surface area contributed by atoms with Gasteiger partial charge in [0.15, 0.2) is 0 Å². The van der Waals surface area contributed by atoms with Gasteiger partial charge in [0.2, 0.25) is 0 Å². The lowest BCUT2D eigenvalue weighted by molar-refractivity contribution is 0.374. The van der Waals surface area contributed by atoms with E-state index in [9.17, 15) is 4.39 Å². The van der Waals surface area contributed by atoms with Crippen LogP contribution in [0.1, 0.15) is 29.9 Å². The van der Waals surface area contributed by atoms with Gasteiger partial charge in [-0.25, -0.2) is 4.39 Å². The molecule has 1 nitrogen and oxygen atoms in total. The molecule has 0 atom stereocenters. The number of rotatable bonds is 3. The van der Waals surface area contributed by atoms with Crippen LogP contribution in [0, 0.1) is 12.7 Å². The third-order valence-electron chi connectivity index (χ3n) is 3.89. The summed E-state index contributed by atoms with van der Waals surface area (Å²) in [5, 5.41) is 3.57. The highest BCUT2D eigenvalue weighted by Crippen LogP contribution is 2.38. The first-order valence-electron chi connectivity index (χ1n) is 6.89. The van der Waals surface area contributed by atoms with Gasteiger partial charge in [0.25, 0.3) is 0 Å². The van der Waals surface area contributed by atoms with E-state index in [4.69, 9.17) is 0 Å². The Morgan fingerprint density at radius 2 is 1.80 bits per heavy atom. The molecule has 104 valence electrons. The Kier molecular flexibility index (Phi) is 3.79. The Balaban J connectivity index is 1.59. The molecular formula is C17H17BrFN. The van der Waals surface area contributed by atoms with E-state index >= 15 is 0 Å². The first kappa shape index (κ1) is 13.6. The van der Waals surface area contributed by atoms with Crippen molar-refractivity contribution < 1.29 is 4.39 Å². The monoisotopic (exact) mass is 333 g/mol. The molecule has 2 aromatic carbocycles. The predicted octanol–water partition coefficient (Wildman–Crippen LogP) is 5.25. The van der Waals surface area contributed by atoms with Gasteiger partial charge in [-0.1, -0.05) is 28.1 Å². The molecule has 0 saturated heterocycles. The smallest absolute Gasteiger partial charge is 0.123 e. The molecule has 1 aliphatic carbocycles. The van der Waals surface area contributed by atoms with Crippen molar-refractivity contribution in [3.63, 3.8) is 0 Å². The molecule has 0 amide bonds. The molecule has 1 N–H and O–H groups in total. The second-order valence-corrected chi connectivity index (χ2v) is 6.49. The van der Waals surface area contributed by atoms with Crippen LogP contribution in [-0.4, -0.2) is 6.04 Å². The summed E-state index contributed by atoms with van der Waals surface area (Å²) in [6.07, 6.45) is 2.22. The number of nitrogens with one attached hydrogen (secondary N) is 1. The lowest BCUT2D eigenvalue weighted by Gasteiger charge is -2.37. The van der Waals surface area contributed by atoms with Crippen LogP contribution in [0.5, 0.6) is 0 Å². The highest BCUT2D eigenvalue weighted by Gasteiger charge is 2.30. The summed E-state index contributed by atoms with van der Waals surface area (Å²) in [7, 11) is 0. The molecule has 3 rings (SSSR count). The highest BCUT2D eigenvalue weighted by molar-refractivity contribution is 9.10. The number of hydrogen-bond acceptors (Lipinski definition) is 1. The molecule has 1 fully saturated rings. The Labute approximate surface area is 127 Å². The molecule has 3 heteroatoms. The van der Waals surface area contributed by atoms with Gasteiger partial charge in [-0.2, -0.15) is 0 Å². The molecule has 1 saturated carbocycles. The second kappa shape index (κ2) is 5.57. The predicted molar refractivity (Wildman–Crippen MR) is 84.7 cm³/mol. The van der Waals surface area contributed by atoms with E-state index in [1.54, 1.807) is 12.1 Å². The van der Waals surface area contributed by atoms with Gasteiger partial charge in [-0.3, -0.25) is 0 Å². The normalized spacial score (nSPS) is 21.4. The lowest BCUT2D eigenvalue weighted by atomic mass is 9.76. The van der Waals surface area contributed by atoms with Gasteiger partial charge in [0.05, 0.1) is 0 Å². The van der Waals surface area contributed by atoms with E-state index in [1.807, 2.05) is 12.1 Å². The molecule has 0 spiro atoms. The van der Waals surface area contributed by atoms with Crippen LogP contribution in [0.25, 0.3) is 0 Å². The van der Waals surface area contributed by atoms with Crippen molar-refractivity contribution in [3.05, 3.63) is 63.9 Å². The van der Waals surface area contributed by atoms with E-state index < -0.39 is 0 Å². The van der Waals surface area contributed by atoms with Crippen LogP contribution >= 0.6 is 15.9 Å². The van der Waals surface area contributed by atoms with Crippen LogP contribution < -0.4 is 5.32 Å². The Bertz CT molecular complexity index is 583. The number of anilines is 1. The quantitative estimate of drug-likeness (QED) is 0.808. The minimum Gasteiger partial charge on any atom is -0.382 e. The van der Waals surface area contributed by atoms with Crippen LogP contribution in [0.2, 0.25) is 0 Å². The summed E-state index contributed by atoms with van der Waals surface area (Å²) in [5.41, 5.74) is 3.66. The van der Waals surface area contributed by atoms with Gasteiger partial charge >= 0.3 is 0 Å². The van der Waals surface area contributed by atoms with E-state index in [2.05, 4.69) is 46.4 Å². The molecule has 0 heterocycles. The molecule has 0 aliphatic heterocycles. The highest BCUT2D eigenvalue weighted by atomic mass is 79.9. The molecule has 0 unspecified atom stereocenters. The average molecular weight is 334 g/mol. The summed E-state index contributed by atoms with van der Waals surface area (Å²) in [6, 6.07) is 13.8. The molecule has 0 aromatic heterocycles. The number of halogens is 2. The van der Waals surface area contributed by atoms with Crippen molar-refractivity contribution in [1.82, 2.24) is 0 Å². The zero-order valence-corrected chi connectivity index (χ0v) is 13.0. The van der Waals surface area contributed by atoms with Gasteiger partial charge in [0, 0.05) is 16.2 Å². The van der Waals surface area contributed by atoms with E-state index in [0.29, 0.717) is 12.0 Å². The maximum atomic E-state index is 12.9. The standard InChI is InChI=1S/C17H17BrFN/c1-11-6-14(18)10-16(7-11)20-17-8-13(9-17)12-2-4-15(19)5-3-12/h2-7,10,13,17,20H,8-9H2,1H3. The number of hydrogen-bond donors (Lipinski definition) is 1. The molecule has 20 heavy (non-hydrogen) atoms. The largest absolute Gasteiger partial charge is 0.382 e. The van der Waals surface area contributed by atoms with Crippen LogP contribution in [-0.2, 0) is 0 Å². The summed E-state index contributed by atoms with van der Waals surface area (Å²) in [4.78, 5) is 0. The first-order chi connectivity index (χ1) is 9.60. The second-order valence-electron chi connectivity index (χ2n) is 5.58. The Hall–Kier alpha value is -1.35. The fraction of sp³-hybridized carbons (Fsp3) is 0.294. The van der Waals surface area contributed by atoms with Gasteiger partial charge in [0.1, 0.15) is 5.82 Å². The van der Waals surface area contributed by atoms with E-state index in [-0.39, 0.29) is 5.82 Å². The van der Waals surface area contributed by atoms with E-state index in [0.717, 1.165) is 17.3 Å². The summed E-state index contributed by atoms with van der Waals surface area (Å²) < 4.78 is 14.0. The van der Waals surface area contributed by atoms with Gasteiger partial charge < -0.3 is 5.32 Å². The Morgan fingerprint density at radius 3 is 2.45 bits per heavy atom. The van der Waals surface area contributed by atoms with Crippen molar-refractivity contribution in [1.29, 1.82) is 0 Å². The molecular weight excluding hydrogens is 317 g/mol. The van der Waals surface area contributed by atoms with Crippen molar-refractivity contribution in [3.8, 4) is 0 Å². The summed E-state index contributed by atoms with van der Waals surface area (Å²) in [6.45, 7) is 2.10. The molecule has 1 aliphatic rings. The first-order valence-corrected chi connectivity index (χ1v) is 7.68. The topological polar surface area (TPSA) is 12.0 Å². The lowest BCUT2D eigenvalue weighted by Crippen LogP contribution is -2.34. The zero-order chi connectivity index (χ0) is 14.1. The van der Waals surface area contributed by atoms with Gasteiger partial charge in [-0.15, -0.1) is 0 Å². The molecule has 0 bridgehead atoms. The number of benzene rings is 2. The SMILES string of the molecule is Cc1cc(Br)cc(NC2CC(c3ccc(F)cc3)C2)c1. The number of aryl methyl sites for hydroxylation is 1. The fourth-order valence-corrected chi connectivity index (χ4v) is 3.41. The third-order valence-corrected chi connectivity index (χ3v) is 4.35. The minimum atomic E-state index is -0.160. The van der Waals surface area contributed by atoms with Crippen LogP contribution in [0.15, 0.2) is 46.9 Å². The minimum absolute atomic E-state index is 0.160. The summed E-state index contributed by atoms with van der Waals surface area (Å²) in [5.74, 6) is 0.397. The van der Waals surface area contributed by atoms with Crippen molar-refractivity contribution in [2.45, 2.75) is 31.7 Å². The molecule has 2 aromatic rings. The molecule has 0 radical (unpaired) electrons. The van der Waals surface area contributed by atoms with Crippen LogP contribution in [0.3, 0.4) is 0 Å². The summed E-state index contributed by atoms with van der Waals surface area (Å²) >= 11 is 3.52. The zero-order valence-electron chi connectivity index (χ0n) is 11.4. The van der Waals surface area contributed by atoms with E-state index in [1.165, 1.54) is 16.8 Å². The Morgan fingerprint density at radius 1 is 1.10 bits per heavy atom. The third kappa shape index (κ3) is 3.04. The maximum Gasteiger partial charge on any atom is 0.123 e.